The fourth-order valence-corrected chi connectivity index (χ4v) is 3.41. The number of likely N-dealkylation sites (tertiary alicyclic amines) is 1. The first-order valence-corrected chi connectivity index (χ1v) is 8.24. The van der Waals surface area contributed by atoms with Crippen LogP contribution in [0.2, 0.25) is 0 Å². The Morgan fingerprint density at radius 3 is 2.92 bits per heavy atom. The van der Waals surface area contributed by atoms with Crippen molar-refractivity contribution in [2.45, 2.75) is 31.8 Å². The van der Waals surface area contributed by atoms with Gasteiger partial charge in [0.05, 0.1) is 6.04 Å². The normalized spacial score (nSPS) is 22.2. The predicted octanol–water partition coefficient (Wildman–Crippen LogP) is 1.05. The third-order valence-corrected chi connectivity index (χ3v) is 4.57. The van der Waals surface area contributed by atoms with Crippen LogP contribution in [0.3, 0.4) is 0 Å². The zero-order chi connectivity index (χ0) is 17.1. The number of aromatic hydroxyl groups is 1. The van der Waals surface area contributed by atoms with Gasteiger partial charge in [0.25, 0.3) is 0 Å². The van der Waals surface area contributed by atoms with E-state index in [2.05, 4.69) is 0 Å². The van der Waals surface area contributed by atoms with Crippen molar-refractivity contribution < 1.29 is 24.5 Å². The number of carboxylic acid groups (broad SMARTS) is 1. The maximum absolute atomic E-state index is 12.8. The maximum Gasteiger partial charge on any atom is 0.323 e. The molecule has 7 nitrogen and oxygen atoms in total. The fourth-order valence-electron chi connectivity index (χ4n) is 3.41. The lowest BCUT2D eigenvalue weighted by atomic mass is 10.1. The van der Waals surface area contributed by atoms with Crippen LogP contribution in [0.4, 0.5) is 0 Å². The van der Waals surface area contributed by atoms with Crippen LogP contribution in [0.1, 0.15) is 24.8 Å². The quantitative estimate of drug-likeness (QED) is 0.859. The van der Waals surface area contributed by atoms with E-state index >= 15 is 0 Å². The number of carbonyl (C=O) groups excluding carboxylic acids is 1. The van der Waals surface area contributed by atoms with Crippen molar-refractivity contribution in [2.24, 2.45) is 0 Å². The molecular formula is C17H22N2O5. The molecule has 0 radical (unpaired) electrons. The molecule has 1 atom stereocenters. The number of hydrogen-bond acceptors (Lipinski definition) is 5. The molecule has 0 aromatic heterocycles. The Hall–Kier alpha value is -2.28. The van der Waals surface area contributed by atoms with Gasteiger partial charge in [-0.15, -0.1) is 0 Å². The Kier molecular flexibility index (Phi) is 4.89. The number of carbonyl (C=O) groups is 2. The number of ether oxygens (including phenoxy) is 1. The lowest BCUT2D eigenvalue weighted by molar-refractivity contribution is -0.146. The van der Waals surface area contributed by atoms with Gasteiger partial charge >= 0.3 is 5.97 Å². The van der Waals surface area contributed by atoms with Gasteiger partial charge < -0.3 is 19.8 Å². The lowest BCUT2D eigenvalue weighted by Crippen LogP contribution is -2.49. The maximum atomic E-state index is 12.8. The minimum atomic E-state index is -0.988. The first kappa shape index (κ1) is 16.6. The van der Waals surface area contributed by atoms with Gasteiger partial charge in [-0.2, -0.15) is 0 Å². The summed E-state index contributed by atoms with van der Waals surface area (Å²) in [5.74, 6) is -0.227. The first-order chi connectivity index (χ1) is 11.5. The molecule has 0 aliphatic carbocycles. The first-order valence-electron chi connectivity index (χ1n) is 8.24. The SMILES string of the molecule is O=C(O)CN1CCCCC(N2CCOc3ccc(O)cc3C2)C1=O. The van der Waals surface area contributed by atoms with Crippen molar-refractivity contribution in [3.8, 4) is 11.5 Å². The number of rotatable bonds is 3. The molecule has 1 fully saturated rings. The van der Waals surface area contributed by atoms with Crippen LogP contribution < -0.4 is 4.74 Å². The van der Waals surface area contributed by atoms with Gasteiger partial charge in [0.2, 0.25) is 5.91 Å². The molecule has 1 unspecified atom stereocenters. The van der Waals surface area contributed by atoms with Crippen molar-refractivity contribution in [1.29, 1.82) is 0 Å². The average molecular weight is 334 g/mol. The van der Waals surface area contributed by atoms with E-state index in [0.29, 0.717) is 32.7 Å². The second-order valence-electron chi connectivity index (χ2n) is 6.28. The topological polar surface area (TPSA) is 90.3 Å². The molecule has 24 heavy (non-hydrogen) atoms. The summed E-state index contributed by atoms with van der Waals surface area (Å²) >= 11 is 0. The van der Waals surface area contributed by atoms with E-state index in [4.69, 9.17) is 9.84 Å². The van der Waals surface area contributed by atoms with Crippen molar-refractivity contribution in [3.05, 3.63) is 23.8 Å². The van der Waals surface area contributed by atoms with Crippen LogP contribution >= 0.6 is 0 Å². The molecule has 2 aliphatic heterocycles. The molecule has 3 rings (SSSR count). The van der Waals surface area contributed by atoms with Crippen LogP contribution in [0.5, 0.6) is 11.5 Å². The summed E-state index contributed by atoms with van der Waals surface area (Å²) in [7, 11) is 0. The minimum Gasteiger partial charge on any atom is -0.508 e. The number of benzene rings is 1. The van der Waals surface area contributed by atoms with Crippen LogP contribution in [-0.4, -0.2) is 64.2 Å². The van der Waals surface area contributed by atoms with Crippen molar-refractivity contribution in [2.75, 3.05) is 26.2 Å². The van der Waals surface area contributed by atoms with Crippen molar-refractivity contribution >= 4 is 11.9 Å². The number of phenols is 1. The van der Waals surface area contributed by atoms with Crippen LogP contribution in [0, 0.1) is 0 Å². The molecule has 0 spiro atoms. The molecule has 2 aliphatic rings. The number of amides is 1. The highest BCUT2D eigenvalue weighted by Gasteiger charge is 2.33. The summed E-state index contributed by atoms with van der Waals surface area (Å²) in [6, 6.07) is 4.63. The third-order valence-electron chi connectivity index (χ3n) is 4.57. The second-order valence-corrected chi connectivity index (χ2v) is 6.28. The molecule has 1 aromatic carbocycles. The van der Waals surface area contributed by atoms with E-state index in [9.17, 15) is 14.7 Å². The second kappa shape index (κ2) is 7.09. The van der Waals surface area contributed by atoms with Crippen molar-refractivity contribution in [3.63, 3.8) is 0 Å². The zero-order valence-electron chi connectivity index (χ0n) is 13.5. The molecule has 1 saturated heterocycles. The summed E-state index contributed by atoms with van der Waals surface area (Å²) in [6.45, 7) is 1.79. The van der Waals surface area contributed by atoms with Gasteiger partial charge in [0.1, 0.15) is 24.7 Å². The highest BCUT2D eigenvalue weighted by molar-refractivity contribution is 5.85. The molecule has 2 heterocycles. The number of fused-ring (bicyclic) bond motifs is 1. The monoisotopic (exact) mass is 334 g/mol. The Labute approximate surface area is 140 Å². The predicted molar refractivity (Wildman–Crippen MR) is 85.9 cm³/mol. The van der Waals surface area contributed by atoms with Gasteiger partial charge in [-0.25, -0.2) is 0 Å². The van der Waals surface area contributed by atoms with Gasteiger partial charge in [-0.1, -0.05) is 0 Å². The van der Waals surface area contributed by atoms with Crippen LogP contribution in [0.25, 0.3) is 0 Å². The Bertz CT molecular complexity index is 633. The molecule has 2 N–H and O–H groups in total. The summed E-state index contributed by atoms with van der Waals surface area (Å²) in [5.41, 5.74) is 0.842. The number of hydrogen-bond donors (Lipinski definition) is 2. The third kappa shape index (κ3) is 3.62. The summed E-state index contributed by atoms with van der Waals surface area (Å²) in [4.78, 5) is 27.3. The van der Waals surface area contributed by atoms with E-state index in [-0.39, 0.29) is 24.2 Å². The zero-order valence-corrected chi connectivity index (χ0v) is 13.5. The summed E-state index contributed by atoms with van der Waals surface area (Å²) in [6.07, 6.45) is 2.41. The van der Waals surface area contributed by atoms with E-state index in [1.165, 1.54) is 4.90 Å². The molecule has 1 aromatic rings. The molecule has 7 heteroatoms. The van der Waals surface area contributed by atoms with Crippen LogP contribution in [-0.2, 0) is 16.1 Å². The van der Waals surface area contributed by atoms with E-state index in [1.54, 1.807) is 18.2 Å². The van der Waals surface area contributed by atoms with Gasteiger partial charge in [0.15, 0.2) is 0 Å². The van der Waals surface area contributed by atoms with Gasteiger partial charge in [-0.05, 0) is 37.5 Å². The number of aliphatic carboxylic acids is 1. The summed E-state index contributed by atoms with van der Waals surface area (Å²) < 4.78 is 5.71. The molecule has 1 amide bonds. The van der Waals surface area contributed by atoms with Crippen LogP contribution in [0.15, 0.2) is 18.2 Å². The largest absolute Gasteiger partial charge is 0.508 e. The standard InChI is InChI=1S/C17H22N2O5/c20-13-4-5-15-12(9-13)10-18(7-8-24-15)14-3-1-2-6-19(17(14)23)11-16(21)22/h4-5,9,14,20H,1-3,6-8,10-11H2,(H,21,22). The Morgan fingerprint density at radius 1 is 1.29 bits per heavy atom. The highest BCUT2D eigenvalue weighted by Crippen LogP contribution is 2.29. The number of carboxylic acids is 1. The van der Waals surface area contributed by atoms with Crippen molar-refractivity contribution in [1.82, 2.24) is 9.80 Å². The number of phenolic OH excluding ortho intramolecular Hbond substituents is 1. The Balaban J connectivity index is 1.81. The highest BCUT2D eigenvalue weighted by atomic mass is 16.5. The minimum absolute atomic E-state index is 0.126. The average Bonchev–Trinajstić information content (AvgIpc) is 2.83. The van der Waals surface area contributed by atoms with Gasteiger partial charge in [0, 0.05) is 25.2 Å². The fraction of sp³-hybridized carbons (Fsp3) is 0.529. The summed E-state index contributed by atoms with van der Waals surface area (Å²) in [5, 5.41) is 18.7. The van der Waals surface area contributed by atoms with E-state index in [1.807, 2.05) is 4.90 Å². The smallest absolute Gasteiger partial charge is 0.323 e. The molecule has 0 bridgehead atoms. The molecule has 130 valence electrons. The Morgan fingerprint density at radius 2 is 2.12 bits per heavy atom. The molecular weight excluding hydrogens is 312 g/mol. The van der Waals surface area contributed by atoms with E-state index in [0.717, 1.165) is 24.2 Å². The van der Waals surface area contributed by atoms with E-state index < -0.39 is 5.97 Å². The molecule has 0 saturated carbocycles. The van der Waals surface area contributed by atoms with Gasteiger partial charge in [-0.3, -0.25) is 14.5 Å². The number of nitrogens with zero attached hydrogens (tertiary/aromatic N) is 2. The lowest BCUT2D eigenvalue weighted by Gasteiger charge is -2.31.